The molecule has 2 nitrogen and oxygen atoms in total. The number of halogens is 1. The molecule has 0 fully saturated rings. The van der Waals surface area contributed by atoms with Gasteiger partial charge in [-0.2, -0.15) is 0 Å². The summed E-state index contributed by atoms with van der Waals surface area (Å²) in [6.07, 6.45) is 3.57. The highest BCUT2D eigenvalue weighted by atomic mass is 79.9. The lowest BCUT2D eigenvalue weighted by Crippen LogP contribution is -2.24. The van der Waals surface area contributed by atoms with E-state index in [2.05, 4.69) is 40.3 Å². The molecule has 1 amide bonds. The van der Waals surface area contributed by atoms with Gasteiger partial charge >= 0.3 is 0 Å². The van der Waals surface area contributed by atoms with Crippen molar-refractivity contribution in [2.24, 2.45) is 0 Å². The van der Waals surface area contributed by atoms with Crippen molar-refractivity contribution in [3.05, 3.63) is 35.4 Å². The topological polar surface area (TPSA) is 29.1 Å². The smallest absolute Gasteiger partial charge is 0.220 e. The average molecular weight is 298 g/mol. The van der Waals surface area contributed by atoms with Crippen LogP contribution in [-0.2, 0) is 11.2 Å². The molecular weight excluding hydrogens is 278 g/mol. The maximum absolute atomic E-state index is 11.6. The molecular formula is C14H20BrNO. The number of carbonyl (C=O) groups is 1. The fourth-order valence-electron chi connectivity index (χ4n) is 1.67. The van der Waals surface area contributed by atoms with Crippen molar-refractivity contribution >= 4 is 21.8 Å². The molecule has 1 aromatic rings. The number of aryl methyl sites for hydroxylation is 2. The summed E-state index contributed by atoms with van der Waals surface area (Å²) in [5.41, 5.74) is 2.53. The first-order valence-electron chi connectivity index (χ1n) is 6.11. The summed E-state index contributed by atoms with van der Waals surface area (Å²) in [5.74, 6) is 0.155. The Morgan fingerprint density at radius 3 is 2.76 bits per heavy atom. The molecule has 0 bridgehead atoms. The van der Waals surface area contributed by atoms with Crippen molar-refractivity contribution < 1.29 is 4.79 Å². The second-order valence-electron chi connectivity index (χ2n) is 4.17. The molecule has 1 N–H and O–H groups in total. The summed E-state index contributed by atoms with van der Waals surface area (Å²) in [5, 5.41) is 3.95. The minimum atomic E-state index is 0.155. The summed E-state index contributed by atoms with van der Waals surface area (Å²) < 4.78 is 0. The number of benzene rings is 1. The number of alkyl halides is 1. The molecule has 1 rings (SSSR count). The Morgan fingerprint density at radius 2 is 2.06 bits per heavy atom. The van der Waals surface area contributed by atoms with Gasteiger partial charge in [0.1, 0.15) is 0 Å². The van der Waals surface area contributed by atoms with Crippen LogP contribution in [0.2, 0.25) is 0 Å². The van der Waals surface area contributed by atoms with Crippen LogP contribution in [0.5, 0.6) is 0 Å². The molecule has 0 spiro atoms. The van der Waals surface area contributed by atoms with Gasteiger partial charge in [0.05, 0.1) is 0 Å². The van der Waals surface area contributed by atoms with Gasteiger partial charge in [0.2, 0.25) is 5.91 Å². The predicted octanol–water partition coefficient (Wildman–Crippen LogP) is 3.22. The number of hydrogen-bond acceptors (Lipinski definition) is 1. The van der Waals surface area contributed by atoms with Crippen LogP contribution in [-0.4, -0.2) is 17.8 Å². The van der Waals surface area contributed by atoms with Crippen LogP contribution in [0.1, 0.15) is 30.4 Å². The van der Waals surface area contributed by atoms with Gasteiger partial charge in [0, 0.05) is 18.3 Å². The van der Waals surface area contributed by atoms with Crippen LogP contribution in [0, 0.1) is 6.92 Å². The van der Waals surface area contributed by atoms with Crippen molar-refractivity contribution in [2.75, 3.05) is 11.9 Å². The van der Waals surface area contributed by atoms with Gasteiger partial charge in [0.15, 0.2) is 0 Å². The Balaban J connectivity index is 2.22. The fourth-order valence-corrected chi connectivity index (χ4v) is 2.07. The van der Waals surface area contributed by atoms with Crippen LogP contribution in [0.15, 0.2) is 24.3 Å². The first kappa shape index (κ1) is 14.2. The third kappa shape index (κ3) is 5.87. The summed E-state index contributed by atoms with van der Waals surface area (Å²) in [4.78, 5) is 11.6. The van der Waals surface area contributed by atoms with Gasteiger partial charge in [-0.05, 0) is 37.3 Å². The van der Waals surface area contributed by atoms with Crippen LogP contribution in [0.3, 0.4) is 0 Å². The zero-order valence-corrected chi connectivity index (χ0v) is 11.9. The SMILES string of the molecule is Cc1ccccc1CCC(=O)NCCCCBr. The van der Waals surface area contributed by atoms with Crippen LogP contribution >= 0.6 is 15.9 Å². The monoisotopic (exact) mass is 297 g/mol. The van der Waals surface area contributed by atoms with E-state index in [1.165, 1.54) is 11.1 Å². The molecule has 94 valence electrons. The van der Waals surface area contributed by atoms with E-state index < -0.39 is 0 Å². The molecule has 0 atom stereocenters. The first-order valence-corrected chi connectivity index (χ1v) is 7.23. The lowest BCUT2D eigenvalue weighted by atomic mass is 10.0. The molecule has 0 saturated heterocycles. The quantitative estimate of drug-likeness (QED) is 0.608. The van der Waals surface area contributed by atoms with Crippen LogP contribution < -0.4 is 5.32 Å². The summed E-state index contributed by atoms with van der Waals surface area (Å²) in [6.45, 7) is 2.88. The third-order valence-corrected chi connectivity index (χ3v) is 3.33. The molecule has 0 aliphatic carbocycles. The Morgan fingerprint density at radius 1 is 1.29 bits per heavy atom. The van der Waals surface area contributed by atoms with Crippen molar-refractivity contribution in [1.82, 2.24) is 5.32 Å². The standard InChI is InChI=1S/C14H20BrNO/c1-12-6-2-3-7-13(12)8-9-14(17)16-11-5-4-10-15/h2-3,6-7H,4-5,8-11H2,1H3,(H,16,17). The van der Waals surface area contributed by atoms with Gasteiger partial charge in [-0.3, -0.25) is 4.79 Å². The maximum Gasteiger partial charge on any atom is 0.220 e. The van der Waals surface area contributed by atoms with Crippen molar-refractivity contribution in [2.45, 2.75) is 32.6 Å². The Hall–Kier alpha value is -0.830. The summed E-state index contributed by atoms with van der Waals surface area (Å²) >= 11 is 3.37. The van der Waals surface area contributed by atoms with Gasteiger partial charge in [-0.1, -0.05) is 40.2 Å². The minimum Gasteiger partial charge on any atom is -0.356 e. The van der Waals surface area contributed by atoms with Crippen LogP contribution in [0.4, 0.5) is 0 Å². The molecule has 0 aromatic heterocycles. The van der Waals surface area contributed by atoms with Crippen molar-refractivity contribution in [3.63, 3.8) is 0 Å². The highest BCUT2D eigenvalue weighted by molar-refractivity contribution is 9.09. The van der Waals surface area contributed by atoms with Crippen molar-refractivity contribution in [1.29, 1.82) is 0 Å². The predicted molar refractivity (Wildman–Crippen MR) is 75.5 cm³/mol. The van der Waals surface area contributed by atoms with Gasteiger partial charge in [-0.15, -0.1) is 0 Å². The summed E-state index contributed by atoms with van der Waals surface area (Å²) in [6, 6.07) is 8.23. The Kier molecular flexibility index (Phi) is 6.94. The molecule has 0 radical (unpaired) electrons. The summed E-state index contributed by atoms with van der Waals surface area (Å²) in [7, 11) is 0. The highest BCUT2D eigenvalue weighted by Crippen LogP contribution is 2.09. The molecule has 0 aliphatic rings. The number of unbranched alkanes of at least 4 members (excludes halogenated alkanes) is 1. The van der Waals surface area contributed by atoms with E-state index in [0.29, 0.717) is 6.42 Å². The van der Waals surface area contributed by atoms with Gasteiger partial charge < -0.3 is 5.32 Å². The maximum atomic E-state index is 11.6. The largest absolute Gasteiger partial charge is 0.356 e. The second kappa shape index (κ2) is 8.29. The number of amides is 1. The van der Waals surface area contributed by atoms with Crippen molar-refractivity contribution in [3.8, 4) is 0 Å². The Bertz CT molecular complexity index is 352. The normalized spacial score (nSPS) is 10.2. The minimum absolute atomic E-state index is 0.155. The number of hydrogen-bond donors (Lipinski definition) is 1. The molecule has 17 heavy (non-hydrogen) atoms. The van der Waals surface area contributed by atoms with E-state index in [9.17, 15) is 4.79 Å². The second-order valence-corrected chi connectivity index (χ2v) is 4.97. The van der Waals surface area contributed by atoms with Gasteiger partial charge in [-0.25, -0.2) is 0 Å². The zero-order chi connectivity index (χ0) is 12.5. The average Bonchev–Trinajstić information content (AvgIpc) is 2.34. The number of nitrogens with one attached hydrogen (secondary N) is 1. The Labute approximate surface area is 112 Å². The molecule has 0 heterocycles. The van der Waals surface area contributed by atoms with E-state index in [0.717, 1.165) is 31.1 Å². The molecule has 0 unspecified atom stereocenters. The first-order chi connectivity index (χ1) is 8.24. The lowest BCUT2D eigenvalue weighted by molar-refractivity contribution is -0.121. The van der Waals surface area contributed by atoms with E-state index in [4.69, 9.17) is 0 Å². The molecule has 0 saturated carbocycles. The number of carbonyl (C=O) groups excluding carboxylic acids is 1. The third-order valence-electron chi connectivity index (χ3n) is 2.77. The highest BCUT2D eigenvalue weighted by Gasteiger charge is 2.03. The van der Waals surface area contributed by atoms with E-state index in [1.54, 1.807) is 0 Å². The zero-order valence-electron chi connectivity index (χ0n) is 10.3. The lowest BCUT2D eigenvalue weighted by Gasteiger charge is -2.06. The fraction of sp³-hybridized carbons (Fsp3) is 0.500. The van der Waals surface area contributed by atoms with Gasteiger partial charge in [0.25, 0.3) is 0 Å². The molecule has 0 aliphatic heterocycles. The van der Waals surface area contributed by atoms with E-state index in [-0.39, 0.29) is 5.91 Å². The molecule has 3 heteroatoms. The van der Waals surface area contributed by atoms with E-state index in [1.807, 2.05) is 12.1 Å². The van der Waals surface area contributed by atoms with E-state index >= 15 is 0 Å². The molecule has 1 aromatic carbocycles. The number of rotatable bonds is 7. The van der Waals surface area contributed by atoms with Crippen LogP contribution in [0.25, 0.3) is 0 Å².